The van der Waals surface area contributed by atoms with Crippen LogP contribution >= 0.6 is 0 Å². The first-order chi connectivity index (χ1) is 9.78. The van der Waals surface area contributed by atoms with Crippen LogP contribution in [0.3, 0.4) is 0 Å². The molecular formula is C17H22N2O. The van der Waals surface area contributed by atoms with Crippen molar-refractivity contribution in [2.45, 2.75) is 38.1 Å². The van der Waals surface area contributed by atoms with Gasteiger partial charge in [0.25, 0.3) is 5.91 Å². The minimum atomic E-state index is 0.118. The molecule has 2 aliphatic heterocycles. The predicted octanol–water partition coefficient (Wildman–Crippen LogP) is 2.00. The van der Waals surface area contributed by atoms with Crippen LogP contribution in [-0.2, 0) is 12.8 Å². The van der Waals surface area contributed by atoms with E-state index in [1.165, 1.54) is 43.5 Å². The fourth-order valence-corrected chi connectivity index (χ4v) is 4.15. The lowest BCUT2D eigenvalue weighted by Crippen LogP contribution is -2.47. The number of amides is 1. The molecule has 20 heavy (non-hydrogen) atoms. The summed E-state index contributed by atoms with van der Waals surface area (Å²) >= 11 is 0. The minimum absolute atomic E-state index is 0.118. The van der Waals surface area contributed by atoms with Crippen molar-refractivity contribution in [3.05, 3.63) is 34.9 Å². The first-order valence-electron chi connectivity index (χ1n) is 7.93. The van der Waals surface area contributed by atoms with Crippen molar-refractivity contribution in [3.63, 3.8) is 0 Å². The number of carbonyl (C=O) groups excluding carboxylic acids is 1. The lowest BCUT2D eigenvalue weighted by molar-refractivity contribution is 0.0909. The highest BCUT2D eigenvalue weighted by Crippen LogP contribution is 2.27. The molecule has 1 aromatic carbocycles. The molecule has 1 amide bonds. The van der Waals surface area contributed by atoms with Gasteiger partial charge in [-0.1, -0.05) is 6.07 Å². The molecule has 3 heteroatoms. The molecule has 1 unspecified atom stereocenters. The van der Waals surface area contributed by atoms with Crippen molar-refractivity contribution in [1.82, 2.24) is 10.2 Å². The zero-order valence-electron chi connectivity index (χ0n) is 11.9. The van der Waals surface area contributed by atoms with Crippen LogP contribution < -0.4 is 5.32 Å². The Kier molecular flexibility index (Phi) is 3.03. The summed E-state index contributed by atoms with van der Waals surface area (Å²) in [5.41, 5.74) is 3.66. The quantitative estimate of drug-likeness (QED) is 0.891. The molecule has 0 radical (unpaired) electrons. The van der Waals surface area contributed by atoms with E-state index in [1.807, 2.05) is 6.07 Å². The Labute approximate surface area is 120 Å². The van der Waals surface area contributed by atoms with Gasteiger partial charge in [-0.25, -0.2) is 0 Å². The fourth-order valence-electron chi connectivity index (χ4n) is 4.15. The maximum atomic E-state index is 12.4. The summed E-state index contributed by atoms with van der Waals surface area (Å²) in [4.78, 5) is 14.9. The predicted molar refractivity (Wildman–Crippen MR) is 78.9 cm³/mol. The van der Waals surface area contributed by atoms with Crippen LogP contribution in [-0.4, -0.2) is 36.5 Å². The van der Waals surface area contributed by atoms with Crippen molar-refractivity contribution in [2.24, 2.45) is 5.92 Å². The van der Waals surface area contributed by atoms with Gasteiger partial charge < -0.3 is 10.2 Å². The van der Waals surface area contributed by atoms with Crippen LogP contribution in [0.5, 0.6) is 0 Å². The Morgan fingerprint density at radius 2 is 2.10 bits per heavy atom. The molecule has 2 fully saturated rings. The maximum absolute atomic E-state index is 12.4. The number of rotatable bonds is 2. The molecule has 4 rings (SSSR count). The van der Waals surface area contributed by atoms with E-state index in [0.29, 0.717) is 6.04 Å². The van der Waals surface area contributed by atoms with E-state index in [2.05, 4.69) is 22.3 Å². The van der Waals surface area contributed by atoms with Gasteiger partial charge in [-0.05, 0) is 67.8 Å². The van der Waals surface area contributed by atoms with Gasteiger partial charge in [-0.2, -0.15) is 0 Å². The van der Waals surface area contributed by atoms with E-state index in [-0.39, 0.29) is 5.91 Å². The molecule has 1 aliphatic carbocycles. The van der Waals surface area contributed by atoms with Crippen LogP contribution in [0.2, 0.25) is 0 Å². The highest BCUT2D eigenvalue weighted by Gasteiger charge is 2.33. The molecule has 3 atom stereocenters. The van der Waals surface area contributed by atoms with Crippen molar-refractivity contribution in [2.75, 3.05) is 19.6 Å². The smallest absolute Gasteiger partial charge is 0.251 e. The highest BCUT2D eigenvalue weighted by atomic mass is 16.1. The summed E-state index contributed by atoms with van der Waals surface area (Å²) in [7, 11) is 0. The van der Waals surface area contributed by atoms with Crippen molar-refractivity contribution in [3.8, 4) is 0 Å². The van der Waals surface area contributed by atoms with Crippen LogP contribution in [0.15, 0.2) is 18.2 Å². The lowest BCUT2D eigenvalue weighted by Gasteiger charge is -2.30. The number of piperidine rings is 1. The monoisotopic (exact) mass is 270 g/mol. The Balaban J connectivity index is 1.45. The number of aryl methyl sites for hydroxylation is 2. The van der Waals surface area contributed by atoms with Crippen LogP contribution in [0.25, 0.3) is 0 Å². The molecule has 1 aromatic rings. The Morgan fingerprint density at radius 1 is 1.20 bits per heavy atom. The fraction of sp³-hybridized carbons (Fsp3) is 0.588. The first kappa shape index (κ1) is 12.4. The number of benzene rings is 1. The molecule has 1 N–H and O–H groups in total. The van der Waals surface area contributed by atoms with E-state index in [9.17, 15) is 4.79 Å². The van der Waals surface area contributed by atoms with Gasteiger partial charge in [0.15, 0.2) is 0 Å². The van der Waals surface area contributed by atoms with E-state index in [4.69, 9.17) is 0 Å². The summed E-state index contributed by atoms with van der Waals surface area (Å²) in [5, 5.41) is 3.25. The highest BCUT2D eigenvalue weighted by molar-refractivity contribution is 5.94. The average Bonchev–Trinajstić information content (AvgIpc) is 3.04. The van der Waals surface area contributed by atoms with Gasteiger partial charge in [-0.15, -0.1) is 0 Å². The van der Waals surface area contributed by atoms with Gasteiger partial charge in [-0.3, -0.25) is 4.79 Å². The molecule has 0 saturated carbocycles. The second-order valence-electron chi connectivity index (χ2n) is 6.66. The van der Waals surface area contributed by atoms with Gasteiger partial charge >= 0.3 is 0 Å². The molecule has 0 spiro atoms. The number of carbonyl (C=O) groups is 1. The Hall–Kier alpha value is -1.35. The second kappa shape index (κ2) is 4.88. The summed E-state index contributed by atoms with van der Waals surface area (Å²) in [5.74, 6) is 0.918. The third-order valence-electron chi connectivity index (χ3n) is 5.16. The van der Waals surface area contributed by atoms with Crippen LogP contribution in [0.4, 0.5) is 0 Å². The van der Waals surface area contributed by atoms with Crippen LogP contribution in [0, 0.1) is 5.92 Å². The normalized spacial score (nSPS) is 31.1. The lowest BCUT2D eigenvalue weighted by atomic mass is 9.96. The topological polar surface area (TPSA) is 32.3 Å². The van der Waals surface area contributed by atoms with E-state index < -0.39 is 0 Å². The zero-order chi connectivity index (χ0) is 13.5. The molecule has 2 bridgehead atoms. The standard InChI is InChI=1S/C17H22N2O/c20-17(15-5-4-13-2-1-3-14(13)9-15)18-16-8-12-6-7-19(10-12)11-16/h4-5,9,12,16H,1-3,6-8,10-11H2,(H,18,20)/t12-,16+/m0/s1. The summed E-state index contributed by atoms with van der Waals surface area (Å²) in [6.45, 7) is 3.49. The Morgan fingerprint density at radius 3 is 3.00 bits per heavy atom. The SMILES string of the molecule is O=C(N[C@@H]1C[C@@H]2CCN(C2)C1)c1ccc2c(c1)CCC2. The zero-order valence-corrected chi connectivity index (χ0v) is 11.9. The molecule has 2 saturated heterocycles. The number of fused-ring (bicyclic) bond motifs is 3. The maximum Gasteiger partial charge on any atom is 0.251 e. The Bertz CT molecular complexity index is 528. The third-order valence-corrected chi connectivity index (χ3v) is 5.16. The average molecular weight is 270 g/mol. The summed E-state index contributed by atoms with van der Waals surface area (Å²) in [6.07, 6.45) is 6.02. The molecule has 3 nitrogen and oxygen atoms in total. The number of hydrogen-bond donors (Lipinski definition) is 1. The molecule has 0 aromatic heterocycles. The number of nitrogens with zero attached hydrogens (tertiary/aromatic N) is 1. The largest absolute Gasteiger partial charge is 0.348 e. The third kappa shape index (κ3) is 2.24. The number of hydrogen-bond acceptors (Lipinski definition) is 2. The first-order valence-corrected chi connectivity index (χ1v) is 7.93. The van der Waals surface area contributed by atoms with Crippen LogP contribution in [0.1, 0.15) is 40.7 Å². The number of nitrogens with one attached hydrogen (secondary N) is 1. The van der Waals surface area contributed by atoms with E-state index in [1.54, 1.807) is 0 Å². The minimum Gasteiger partial charge on any atom is -0.348 e. The van der Waals surface area contributed by atoms with Gasteiger partial charge in [0.2, 0.25) is 0 Å². The summed E-state index contributed by atoms with van der Waals surface area (Å²) < 4.78 is 0. The molecule has 2 heterocycles. The molecule has 3 aliphatic rings. The molecular weight excluding hydrogens is 248 g/mol. The van der Waals surface area contributed by atoms with E-state index >= 15 is 0 Å². The molecule has 106 valence electrons. The van der Waals surface area contributed by atoms with Gasteiger partial charge in [0, 0.05) is 24.7 Å². The van der Waals surface area contributed by atoms with E-state index in [0.717, 1.165) is 30.9 Å². The van der Waals surface area contributed by atoms with Crippen molar-refractivity contribution < 1.29 is 4.79 Å². The van der Waals surface area contributed by atoms with Crippen molar-refractivity contribution >= 4 is 5.91 Å². The van der Waals surface area contributed by atoms with Crippen molar-refractivity contribution in [1.29, 1.82) is 0 Å². The second-order valence-corrected chi connectivity index (χ2v) is 6.66. The van der Waals surface area contributed by atoms with Gasteiger partial charge in [0.1, 0.15) is 0 Å². The summed E-state index contributed by atoms with van der Waals surface area (Å²) in [6, 6.07) is 6.59. The van der Waals surface area contributed by atoms with Gasteiger partial charge in [0.05, 0.1) is 0 Å².